The number of nitrogens with zero attached hydrogens (tertiary/aromatic N) is 7. The quantitative estimate of drug-likeness (QED) is 0.0562. The van der Waals surface area contributed by atoms with E-state index in [0.29, 0.717) is 74.6 Å². The fraction of sp³-hybridized carbons (Fsp3) is 0.128. The monoisotopic (exact) mass is 1990 g/mol. The molecule has 2 aliphatic rings. The smallest absolute Gasteiger partial charge is 0.226 e. The van der Waals surface area contributed by atoms with E-state index in [1.165, 1.54) is 12.1 Å². The van der Waals surface area contributed by atoms with Crippen LogP contribution in [-0.4, -0.2) is 63.2 Å². The van der Waals surface area contributed by atoms with Crippen LogP contribution in [0.25, 0.3) is 32.9 Å². The van der Waals surface area contributed by atoms with Crippen molar-refractivity contribution in [3.8, 4) is 17.0 Å². The topological polar surface area (TPSA) is 792 Å². The van der Waals surface area contributed by atoms with Crippen molar-refractivity contribution in [3.63, 3.8) is 0 Å². The zero-order chi connectivity index (χ0) is 108. The van der Waals surface area contributed by atoms with Gasteiger partial charge in [-0.05, 0) is 276 Å². The lowest BCUT2D eigenvalue weighted by atomic mass is 9.82. The molecule has 0 unspecified atom stereocenters. The Morgan fingerprint density at radius 1 is 0.315 bits per heavy atom. The number of hydrogen-bond acceptors (Lipinski definition) is 36. The fourth-order valence-corrected chi connectivity index (χ4v) is 15.4. The lowest BCUT2D eigenvalue weighted by Gasteiger charge is -2.20. The van der Waals surface area contributed by atoms with E-state index in [9.17, 15) is 18.0 Å². The van der Waals surface area contributed by atoms with Gasteiger partial charge < -0.3 is 142 Å². The number of nitrogens with two attached hydrogens (primary N) is 24. The number of methoxy groups -OCH3 is 1. The molecule has 4 heterocycles. The normalized spacial score (nSPS) is 10.8. The van der Waals surface area contributed by atoms with Crippen LogP contribution in [0.2, 0.25) is 0 Å². The number of fused-ring (bicyclic) bond motifs is 6. The number of anilines is 23. The van der Waals surface area contributed by atoms with Gasteiger partial charge in [0.2, 0.25) is 33.6 Å². The number of nitrogen functional groups attached to an aromatic ring is 23. The van der Waals surface area contributed by atoms with E-state index in [1.807, 2.05) is 185 Å². The molecule has 0 spiro atoms. The number of aromatic nitrogens is 6. The summed E-state index contributed by atoms with van der Waals surface area (Å²) in [5.74, 6) is 0.940. The van der Waals surface area contributed by atoms with Gasteiger partial charge >= 0.3 is 0 Å². The van der Waals surface area contributed by atoms with Gasteiger partial charge in [0.25, 0.3) is 0 Å². The molecule has 3 aromatic heterocycles. The molecular formula is C109H131N31O5S. The fourth-order valence-electron chi connectivity index (χ4n) is 14.2. The average molecular weight is 1990 g/mol. The number of benzene rings is 14. The molecule has 19 rings (SSSR count). The molecule has 37 heteroatoms. The number of sulfone groups is 1. The highest BCUT2D eigenvalue weighted by Crippen LogP contribution is 2.38. The molecule has 0 amide bonds. The van der Waals surface area contributed by atoms with E-state index < -0.39 is 9.84 Å². The number of ketones is 2. The maximum atomic E-state index is 12.3. The predicted molar refractivity (Wildman–Crippen MR) is 610 cm³/mol. The molecule has 758 valence electrons. The molecule has 36 nitrogen and oxygen atoms in total. The van der Waals surface area contributed by atoms with Crippen molar-refractivity contribution in [2.24, 2.45) is 10.7 Å². The number of hydrogen-bond donors (Lipinski definition) is 24. The van der Waals surface area contributed by atoms with Crippen LogP contribution in [0.1, 0.15) is 104 Å². The van der Waals surface area contributed by atoms with Crippen LogP contribution in [0.4, 0.5) is 138 Å². The number of aryl methyl sites for hydroxylation is 6. The van der Waals surface area contributed by atoms with Crippen molar-refractivity contribution in [2.75, 3.05) is 139 Å². The molecule has 146 heavy (non-hydrogen) atoms. The molecular weight excluding hydrogens is 1860 g/mol. The van der Waals surface area contributed by atoms with Crippen LogP contribution in [0, 0.1) is 76.2 Å². The highest BCUT2D eigenvalue weighted by atomic mass is 32.2. The first-order valence-electron chi connectivity index (χ1n) is 45.2. The first kappa shape index (κ1) is 112. The minimum atomic E-state index is -3.43. The van der Waals surface area contributed by atoms with Gasteiger partial charge in [-0.2, -0.15) is 19.9 Å². The molecule has 0 saturated carbocycles. The number of carbonyl (C=O) groups excluding carboxylic acids is 2. The second kappa shape index (κ2) is 51.2. The van der Waals surface area contributed by atoms with Gasteiger partial charge in [-0.3, -0.25) is 14.6 Å². The number of carbonyl (C=O) groups is 2. The van der Waals surface area contributed by atoms with Gasteiger partial charge in [0.05, 0.1) is 56.3 Å². The van der Waals surface area contributed by atoms with Gasteiger partial charge in [0.1, 0.15) is 11.4 Å². The minimum absolute atomic E-state index is 0.0417. The predicted octanol–water partition coefficient (Wildman–Crippen LogP) is 15.7. The van der Waals surface area contributed by atoms with Crippen LogP contribution in [0.15, 0.2) is 270 Å². The second-order valence-corrected chi connectivity index (χ2v) is 35.7. The Morgan fingerprint density at radius 3 is 1.21 bits per heavy atom. The highest BCUT2D eigenvalue weighted by molar-refractivity contribution is 7.91. The summed E-state index contributed by atoms with van der Waals surface area (Å²) >= 11 is 0. The van der Waals surface area contributed by atoms with E-state index in [2.05, 4.69) is 48.1 Å². The average Bonchev–Trinajstić information content (AvgIpc) is 0.822. The van der Waals surface area contributed by atoms with Crippen molar-refractivity contribution < 1.29 is 22.7 Å². The Kier molecular flexibility index (Phi) is 39.4. The third kappa shape index (κ3) is 30.2. The third-order valence-corrected chi connectivity index (χ3v) is 24.8. The van der Waals surface area contributed by atoms with Crippen molar-refractivity contribution in [1.82, 2.24) is 29.9 Å². The Hall–Kier alpha value is -19.0. The Balaban J connectivity index is 0.000000197. The summed E-state index contributed by atoms with van der Waals surface area (Å²) in [7, 11) is -1.84. The summed E-state index contributed by atoms with van der Waals surface area (Å²) < 4.78 is 29.3. The van der Waals surface area contributed by atoms with Crippen LogP contribution < -0.4 is 142 Å². The zero-order valence-electron chi connectivity index (χ0n) is 83.7. The summed E-state index contributed by atoms with van der Waals surface area (Å²) in [6.45, 7) is 22.3. The summed E-state index contributed by atoms with van der Waals surface area (Å²) in [5.41, 5.74) is 164. The molecule has 0 atom stereocenters. The zero-order valence-corrected chi connectivity index (χ0v) is 84.5. The molecule has 1 aliphatic carbocycles. The molecule has 0 bridgehead atoms. The molecule has 14 aromatic carbocycles. The molecule has 0 fully saturated rings. The lowest BCUT2D eigenvalue weighted by molar-refractivity contribution is 0.0980. The molecule has 1 aliphatic heterocycles. The van der Waals surface area contributed by atoms with Crippen molar-refractivity contribution in [1.29, 1.82) is 0 Å². The number of para-hydroxylation sites is 1. The Morgan fingerprint density at radius 2 is 0.747 bits per heavy atom. The van der Waals surface area contributed by atoms with Gasteiger partial charge in [0.15, 0.2) is 17.4 Å². The lowest BCUT2D eigenvalue weighted by Crippen LogP contribution is -2.23. The first-order valence-corrected chi connectivity index (χ1v) is 46.7. The third-order valence-electron chi connectivity index (χ3n) is 23.0. The maximum absolute atomic E-state index is 12.3. The summed E-state index contributed by atoms with van der Waals surface area (Å²) in [5, 5.41) is 3.28. The van der Waals surface area contributed by atoms with Gasteiger partial charge in [-0.1, -0.05) is 121 Å². The van der Waals surface area contributed by atoms with Gasteiger partial charge in [0, 0.05) is 144 Å². The molecule has 0 radical (unpaired) electrons. The van der Waals surface area contributed by atoms with Crippen molar-refractivity contribution >= 4 is 187 Å². The summed E-state index contributed by atoms with van der Waals surface area (Å²) in [6, 6.07) is 76.0. The number of ether oxygens (including phenoxy) is 1. The Bertz CT molecular complexity index is 7300. The van der Waals surface area contributed by atoms with Gasteiger partial charge in [-0.25, -0.2) is 18.4 Å². The van der Waals surface area contributed by atoms with Crippen LogP contribution in [-0.2, 0) is 22.8 Å². The first-order chi connectivity index (χ1) is 69.0. The van der Waals surface area contributed by atoms with Crippen molar-refractivity contribution in [2.45, 2.75) is 98.9 Å². The molecule has 17 aromatic rings. The number of rotatable bonds is 5. The summed E-state index contributed by atoms with van der Waals surface area (Å²) in [4.78, 5) is 52.3. The number of pyridine rings is 1. The van der Waals surface area contributed by atoms with Crippen LogP contribution in [0.5, 0.6) is 5.75 Å². The van der Waals surface area contributed by atoms with Crippen LogP contribution >= 0.6 is 0 Å². The molecule has 0 saturated heterocycles. The SMILES string of the molecule is COc1ccc(N)c(N)c1.Cc1c(C)c(N)c(C)c(C)c1N.Cc1cc(C)c(N)c(C)c1N.Cc1cc(N)c(C)cc1N.Cc1ccc(N)cc1N.Cc1ccc(S(=O)(=O)c2ccc(N)cc2)cc1.NCc1ccccc1N.Nc1ccc(N)c2c1C(=O)c1ccccc1C2=O.Nc1ccc2c(c1)nc(-c1ccccc1)c1cc(N)ccc12.Nc1cccc(N)c1.Nc1nc(N)c2c(n1)CC=N2.Nc1nc(N)nc(N)n1. The van der Waals surface area contributed by atoms with E-state index in [0.717, 1.165) is 168 Å². The summed E-state index contributed by atoms with van der Waals surface area (Å²) in [6.07, 6.45) is 2.45. The van der Waals surface area contributed by atoms with E-state index in [4.69, 9.17) is 147 Å². The standard InChI is InChI=1S/C19H15N3.C14H10N2O2.C13H13NO2S.C10H16N2.C9H14N2.C8H12N2.C7H10N2O.2C7H10N2.C6H7N5.C6H8N2.C3H6N6/c20-13-6-8-15-16-9-7-14(21)11-18(16)22-19(17(15)10-13)12-4-2-1-3-5-12;15-9-5-6-10(16)12-11(9)13(17)7-3-1-2-4-8(7)14(12)18;1-10-2-6-12(7-3-10)17(15,16)13-8-4-11(14)5-9-13;1-5-6(2)10(12)8(4)7(3)9(5)11;1-5-4-6(2)9(11)7(3)8(5)10;1-5-3-8(10)6(2)4-7(5)9;1-10-5-2-3-6(8)7(9)4-5;1-5-2-3-6(8)4-7(5)9;8-5-6-3-1-2-4-7(6)9;7-5-4-3(1-2-9-4)10-6(8)11-5;7-5-2-1-3-6(8)4-5;4-1-7-2(5)9-3(6)8-1/h1-11H,20-21H2;1-6H,15-16H2;2-9H,14H2,1H3;11-12H2,1-4H3;4H,10-11H2,1-3H3;3-4H,9-10H2,1-2H3;2-4H,8-9H2,1H3;2-4H,8-9H2,1H3;1-4H,5,8-9H2;2H,1H2,(H4,7,8,10,11);1-4H,7-8H2;(H6,4,5,6,7,8,9). The second-order valence-electron chi connectivity index (χ2n) is 33.7. The van der Waals surface area contributed by atoms with Crippen LogP contribution in [0.3, 0.4) is 0 Å². The van der Waals surface area contributed by atoms with E-state index >= 15 is 0 Å². The van der Waals surface area contributed by atoms with E-state index in [1.54, 1.807) is 129 Å². The van der Waals surface area contributed by atoms with Gasteiger partial charge in [-0.15, -0.1) is 0 Å². The maximum Gasteiger partial charge on any atom is 0.226 e. The van der Waals surface area contributed by atoms with Crippen molar-refractivity contribution in [3.05, 3.63) is 349 Å². The largest absolute Gasteiger partial charge is 0.497 e. The van der Waals surface area contributed by atoms with E-state index in [-0.39, 0.29) is 62.8 Å². The molecule has 48 N–H and O–H groups in total. The Labute approximate surface area is 849 Å². The highest BCUT2D eigenvalue weighted by Gasteiger charge is 2.33. The minimum Gasteiger partial charge on any atom is -0.497 e. The number of aliphatic imine (C=N–C) groups is 1.